The van der Waals surface area contributed by atoms with E-state index in [1.807, 2.05) is 5.32 Å². The van der Waals surface area contributed by atoms with Gasteiger partial charge >= 0.3 is 11.9 Å². The van der Waals surface area contributed by atoms with Crippen LogP contribution in [0.25, 0.3) is 0 Å². The first-order valence-corrected chi connectivity index (χ1v) is 9.42. The Kier molecular flexibility index (Phi) is 11.9. The van der Waals surface area contributed by atoms with Gasteiger partial charge in [-0.05, 0) is 19.8 Å². The highest BCUT2D eigenvalue weighted by Crippen LogP contribution is 2.02. The molecule has 0 aromatic heterocycles. The minimum Gasteiger partial charge on any atom is -0.481 e. The van der Waals surface area contributed by atoms with Crippen LogP contribution in [0.5, 0.6) is 0 Å². The minimum absolute atomic E-state index is 0.171. The number of primary amides is 2. The van der Waals surface area contributed by atoms with E-state index in [9.17, 15) is 33.6 Å². The largest absolute Gasteiger partial charge is 0.481 e. The molecule has 0 spiro atoms. The molecule has 0 fully saturated rings. The lowest BCUT2D eigenvalue weighted by Crippen LogP contribution is -2.56. The van der Waals surface area contributed by atoms with Crippen LogP contribution in [0.4, 0.5) is 0 Å². The van der Waals surface area contributed by atoms with Gasteiger partial charge in [0, 0.05) is 12.8 Å². The molecule has 11 N–H and O–H groups in total. The van der Waals surface area contributed by atoms with E-state index in [1.165, 1.54) is 6.92 Å². The average molecular weight is 460 g/mol. The molecule has 0 bridgehead atoms. The third-order valence-corrected chi connectivity index (χ3v) is 4.09. The van der Waals surface area contributed by atoms with E-state index in [1.54, 1.807) is 0 Å². The summed E-state index contributed by atoms with van der Waals surface area (Å²) in [6.45, 7) is 1.26. The summed E-state index contributed by atoms with van der Waals surface area (Å²) in [5, 5.41) is 24.2. The second-order valence-electron chi connectivity index (χ2n) is 6.91. The first-order valence-electron chi connectivity index (χ1n) is 9.42. The highest BCUT2D eigenvalue weighted by Gasteiger charge is 2.29. The van der Waals surface area contributed by atoms with E-state index >= 15 is 0 Å². The number of nitrogens with one attached hydrogen (secondary N) is 3. The zero-order chi connectivity index (χ0) is 25.0. The Labute approximate surface area is 182 Å². The molecule has 5 amide bonds. The van der Waals surface area contributed by atoms with Gasteiger partial charge in [0.25, 0.3) is 0 Å². The van der Waals surface area contributed by atoms with Crippen LogP contribution in [-0.2, 0) is 33.6 Å². The van der Waals surface area contributed by atoms with E-state index in [2.05, 4.69) is 10.6 Å². The summed E-state index contributed by atoms with van der Waals surface area (Å²) in [4.78, 5) is 80.6. The second kappa shape index (κ2) is 13.5. The predicted octanol–water partition coefficient (Wildman–Crippen LogP) is -4.12. The summed E-state index contributed by atoms with van der Waals surface area (Å²) in [6.07, 6.45) is -1.88. The van der Waals surface area contributed by atoms with Crippen molar-refractivity contribution < 1.29 is 43.8 Å². The number of rotatable bonds is 15. The third kappa shape index (κ3) is 11.4. The zero-order valence-electron chi connectivity index (χ0n) is 17.3. The molecule has 15 nitrogen and oxygen atoms in total. The Bertz CT molecular complexity index is 757. The van der Waals surface area contributed by atoms with Crippen LogP contribution < -0.4 is 33.2 Å². The first-order chi connectivity index (χ1) is 14.7. The summed E-state index contributed by atoms with van der Waals surface area (Å²) in [6, 6.07) is -5.51. The predicted molar refractivity (Wildman–Crippen MR) is 106 cm³/mol. The van der Waals surface area contributed by atoms with E-state index in [0.29, 0.717) is 0 Å². The first kappa shape index (κ1) is 28.2. The maximum absolute atomic E-state index is 12.4. The van der Waals surface area contributed by atoms with Crippen molar-refractivity contribution in [2.45, 2.75) is 63.2 Å². The van der Waals surface area contributed by atoms with Gasteiger partial charge in [-0.15, -0.1) is 0 Å². The number of carbonyl (C=O) groups excluding carboxylic acids is 5. The molecule has 180 valence electrons. The number of aliphatic carboxylic acids is 2. The van der Waals surface area contributed by atoms with Gasteiger partial charge in [-0.2, -0.15) is 0 Å². The quantitative estimate of drug-likeness (QED) is 0.117. The van der Waals surface area contributed by atoms with Crippen molar-refractivity contribution in [2.75, 3.05) is 0 Å². The molecule has 0 aliphatic rings. The highest BCUT2D eigenvalue weighted by molar-refractivity contribution is 5.95. The van der Waals surface area contributed by atoms with Crippen LogP contribution in [0.15, 0.2) is 0 Å². The molecule has 32 heavy (non-hydrogen) atoms. The van der Waals surface area contributed by atoms with Crippen LogP contribution >= 0.6 is 0 Å². The van der Waals surface area contributed by atoms with Crippen molar-refractivity contribution >= 4 is 41.5 Å². The van der Waals surface area contributed by atoms with Crippen molar-refractivity contribution in [3.05, 3.63) is 0 Å². The Morgan fingerprint density at radius 2 is 1.31 bits per heavy atom. The monoisotopic (exact) mass is 460 g/mol. The lowest BCUT2D eigenvalue weighted by molar-refractivity contribution is -0.144. The molecule has 0 aromatic rings. The maximum Gasteiger partial charge on any atom is 0.326 e. The molecule has 0 aliphatic heterocycles. The molecule has 0 saturated heterocycles. The number of carboxylic acid groups (broad SMARTS) is 2. The van der Waals surface area contributed by atoms with Gasteiger partial charge in [-0.3, -0.25) is 28.8 Å². The molecule has 15 heteroatoms. The molecule has 0 rings (SSSR count). The Hall–Kier alpha value is -3.75. The smallest absolute Gasteiger partial charge is 0.326 e. The number of hydrogen-bond donors (Lipinski definition) is 8. The van der Waals surface area contributed by atoms with Crippen molar-refractivity contribution in [1.29, 1.82) is 0 Å². The van der Waals surface area contributed by atoms with Crippen LogP contribution in [-0.4, -0.2) is 75.9 Å². The molecule has 0 aromatic carbocycles. The van der Waals surface area contributed by atoms with Gasteiger partial charge in [0.2, 0.25) is 29.5 Å². The summed E-state index contributed by atoms with van der Waals surface area (Å²) in [7, 11) is 0. The fraction of sp³-hybridized carbons (Fsp3) is 0.588. The lowest BCUT2D eigenvalue weighted by atomic mass is 10.1. The molecule has 4 atom stereocenters. The van der Waals surface area contributed by atoms with Gasteiger partial charge < -0.3 is 43.4 Å². The van der Waals surface area contributed by atoms with Gasteiger partial charge in [0.05, 0.1) is 12.5 Å². The molecule has 0 radical (unpaired) electrons. The maximum atomic E-state index is 12.4. The molecular formula is C17H28N6O9. The van der Waals surface area contributed by atoms with Crippen LogP contribution in [0.1, 0.15) is 39.0 Å². The van der Waals surface area contributed by atoms with Gasteiger partial charge in [-0.1, -0.05) is 0 Å². The average Bonchev–Trinajstić information content (AvgIpc) is 2.67. The van der Waals surface area contributed by atoms with Crippen molar-refractivity contribution in [3.8, 4) is 0 Å². The van der Waals surface area contributed by atoms with Gasteiger partial charge in [0.15, 0.2) is 0 Å². The molecule has 0 heterocycles. The third-order valence-electron chi connectivity index (χ3n) is 4.09. The Morgan fingerprint density at radius 1 is 0.750 bits per heavy atom. The summed E-state index contributed by atoms with van der Waals surface area (Å²) in [5.74, 6) is -7.20. The van der Waals surface area contributed by atoms with Crippen LogP contribution in [0.3, 0.4) is 0 Å². The Morgan fingerprint density at radius 3 is 1.78 bits per heavy atom. The standard InChI is InChI=1S/C17H28N6O9/c1-7(21-15(29)8(18)2-5-13(26)27)14(28)22-9(3-4-11(19)24)16(30)23-10(17(31)32)6-12(20)25/h7-10H,2-6,18H2,1H3,(H2,19,24)(H2,20,25)(H,21,29)(H,22,28)(H,23,30)(H,26,27)(H,31,32). The van der Waals surface area contributed by atoms with E-state index in [0.717, 1.165) is 0 Å². The van der Waals surface area contributed by atoms with Crippen molar-refractivity contribution in [1.82, 2.24) is 16.0 Å². The molecule has 0 saturated carbocycles. The van der Waals surface area contributed by atoms with Crippen molar-refractivity contribution in [3.63, 3.8) is 0 Å². The normalized spacial score (nSPS) is 14.2. The van der Waals surface area contributed by atoms with Gasteiger partial charge in [-0.25, -0.2) is 4.79 Å². The minimum atomic E-state index is -1.67. The summed E-state index contributed by atoms with van der Waals surface area (Å²) >= 11 is 0. The van der Waals surface area contributed by atoms with E-state index < -0.39 is 72.1 Å². The van der Waals surface area contributed by atoms with Crippen LogP contribution in [0, 0.1) is 0 Å². The Balaban J connectivity index is 5.16. The number of hydrogen-bond acceptors (Lipinski definition) is 8. The van der Waals surface area contributed by atoms with E-state index in [-0.39, 0.29) is 25.7 Å². The highest BCUT2D eigenvalue weighted by atomic mass is 16.4. The topological polar surface area (TPSA) is 274 Å². The summed E-state index contributed by atoms with van der Waals surface area (Å²) in [5.41, 5.74) is 15.5. The number of amides is 5. The number of carbonyl (C=O) groups is 7. The van der Waals surface area contributed by atoms with E-state index in [4.69, 9.17) is 27.4 Å². The number of nitrogens with two attached hydrogens (primary N) is 3. The number of carboxylic acids is 2. The van der Waals surface area contributed by atoms with Crippen molar-refractivity contribution in [2.24, 2.45) is 17.2 Å². The molecule has 4 unspecified atom stereocenters. The fourth-order valence-electron chi connectivity index (χ4n) is 2.32. The molecular weight excluding hydrogens is 432 g/mol. The molecule has 0 aliphatic carbocycles. The zero-order valence-corrected chi connectivity index (χ0v) is 17.3. The lowest BCUT2D eigenvalue weighted by Gasteiger charge is -2.23. The second-order valence-corrected chi connectivity index (χ2v) is 6.91. The SMILES string of the molecule is CC(NC(=O)C(N)CCC(=O)O)C(=O)NC(CCC(N)=O)C(=O)NC(CC(N)=O)C(=O)O. The van der Waals surface area contributed by atoms with Crippen LogP contribution in [0.2, 0.25) is 0 Å². The summed E-state index contributed by atoms with van der Waals surface area (Å²) < 4.78 is 0. The van der Waals surface area contributed by atoms with Gasteiger partial charge in [0.1, 0.15) is 18.1 Å². The fourth-order valence-corrected chi connectivity index (χ4v) is 2.32.